The van der Waals surface area contributed by atoms with Crippen molar-refractivity contribution < 1.29 is 4.74 Å². The van der Waals surface area contributed by atoms with Gasteiger partial charge in [-0.15, -0.1) is 0 Å². The van der Waals surface area contributed by atoms with Crippen LogP contribution in [0.3, 0.4) is 0 Å². The predicted molar refractivity (Wildman–Crippen MR) is 87.0 cm³/mol. The lowest BCUT2D eigenvalue weighted by Crippen LogP contribution is -2.22. The fourth-order valence-electron chi connectivity index (χ4n) is 2.91. The molecule has 0 aliphatic heterocycles. The topological polar surface area (TPSA) is 34.2 Å². The number of nitrogens with one attached hydrogen (secondary N) is 1. The first-order valence-corrected chi connectivity index (χ1v) is 7.38. The third-order valence-corrected chi connectivity index (χ3v) is 3.87. The van der Waals surface area contributed by atoms with Crippen LogP contribution in [-0.2, 0) is 6.42 Å². The highest BCUT2D eigenvalue weighted by atomic mass is 16.5. The first-order chi connectivity index (χ1) is 10.1. The zero-order valence-electron chi connectivity index (χ0n) is 13.5. The second-order valence-electron chi connectivity index (χ2n) is 5.32. The van der Waals surface area contributed by atoms with Gasteiger partial charge in [0.2, 0.25) is 0 Å². The van der Waals surface area contributed by atoms with Crippen molar-refractivity contribution in [3.8, 4) is 5.75 Å². The molecule has 0 spiro atoms. The number of hydrogen-bond acceptors (Lipinski definition) is 3. The number of aromatic nitrogens is 1. The Morgan fingerprint density at radius 1 is 1.29 bits per heavy atom. The molecule has 3 heteroatoms. The lowest BCUT2D eigenvalue weighted by atomic mass is 9.93. The molecule has 0 amide bonds. The molecule has 0 aliphatic rings. The smallest absolute Gasteiger partial charge is 0.124 e. The second-order valence-corrected chi connectivity index (χ2v) is 5.32. The molecule has 0 fully saturated rings. The molecule has 0 radical (unpaired) electrons. The highest BCUT2D eigenvalue weighted by molar-refractivity contribution is 5.48. The Hall–Kier alpha value is -1.87. The van der Waals surface area contributed by atoms with Crippen molar-refractivity contribution in [1.29, 1.82) is 0 Å². The van der Waals surface area contributed by atoms with E-state index in [9.17, 15) is 0 Å². The van der Waals surface area contributed by atoms with Crippen LogP contribution in [0.4, 0.5) is 0 Å². The Morgan fingerprint density at radius 3 is 2.67 bits per heavy atom. The molecule has 1 aromatic carbocycles. The summed E-state index contributed by atoms with van der Waals surface area (Å²) in [6, 6.07) is 8.45. The molecule has 1 unspecified atom stereocenters. The molecule has 1 atom stereocenters. The van der Waals surface area contributed by atoms with Crippen molar-refractivity contribution in [2.45, 2.75) is 33.2 Å². The minimum absolute atomic E-state index is 0.0386. The molecule has 112 valence electrons. The SMILES string of the molecule is CCc1cccnc1C(NC)c1c(C)cc(C)cc1OC. The van der Waals surface area contributed by atoms with Gasteiger partial charge in [-0.3, -0.25) is 4.98 Å². The Labute approximate surface area is 127 Å². The van der Waals surface area contributed by atoms with Crippen LogP contribution in [0.5, 0.6) is 5.75 Å². The normalized spacial score (nSPS) is 12.2. The zero-order valence-corrected chi connectivity index (χ0v) is 13.5. The summed E-state index contributed by atoms with van der Waals surface area (Å²) in [5, 5.41) is 3.40. The third kappa shape index (κ3) is 3.08. The van der Waals surface area contributed by atoms with E-state index < -0.39 is 0 Å². The highest BCUT2D eigenvalue weighted by Gasteiger charge is 2.22. The van der Waals surface area contributed by atoms with Crippen LogP contribution < -0.4 is 10.1 Å². The lowest BCUT2D eigenvalue weighted by Gasteiger charge is -2.23. The van der Waals surface area contributed by atoms with Gasteiger partial charge >= 0.3 is 0 Å². The quantitative estimate of drug-likeness (QED) is 0.911. The van der Waals surface area contributed by atoms with E-state index in [0.29, 0.717) is 0 Å². The molecule has 2 rings (SSSR count). The number of benzene rings is 1. The van der Waals surface area contributed by atoms with Crippen molar-refractivity contribution in [3.63, 3.8) is 0 Å². The van der Waals surface area contributed by atoms with Gasteiger partial charge in [0, 0.05) is 11.8 Å². The van der Waals surface area contributed by atoms with Gasteiger partial charge in [0.05, 0.1) is 18.8 Å². The summed E-state index contributed by atoms with van der Waals surface area (Å²) in [4.78, 5) is 4.62. The molecule has 0 bridgehead atoms. The molecule has 1 N–H and O–H groups in total. The maximum Gasteiger partial charge on any atom is 0.124 e. The summed E-state index contributed by atoms with van der Waals surface area (Å²) in [6.45, 7) is 6.38. The highest BCUT2D eigenvalue weighted by Crippen LogP contribution is 2.34. The molecule has 0 aliphatic carbocycles. The molecule has 2 aromatic rings. The Balaban J connectivity index is 2.62. The van der Waals surface area contributed by atoms with Gasteiger partial charge in [-0.25, -0.2) is 0 Å². The number of aryl methyl sites for hydroxylation is 3. The maximum atomic E-state index is 5.62. The number of pyridine rings is 1. The summed E-state index contributed by atoms with van der Waals surface area (Å²) in [5.41, 5.74) is 5.93. The van der Waals surface area contributed by atoms with E-state index in [0.717, 1.165) is 17.9 Å². The van der Waals surface area contributed by atoms with Gasteiger partial charge in [-0.1, -0.05) is 19.1 Å². The standard InChI is InChI=1S/C18H24N2O/c1-6-14-8-7-9-20-17(14)18(19-4)16-13(3)10-12(2)11-15(16)21-5/h7-11,18-19H,6H2,1-5H3. The van der Waals surface area contributed by atoms with Crippen molar-refractivity contribution in [2.75, 3.05) is 14.2 Å². The van der Waals surface area contributed by atoms with Crippen molar-refractivity contribution in [1.82, 2.24) is 10.3 Å². The molecule has 21 heavy (non-hydrogen) atoms. The summed E-state index contributed by atoms with van der Waals surface area (Å²) in [5.74, 6) is 0.916. The van der Waals surface area contributed by atoms with E-state index in [4.69, 9.17) is 4.74 Å². The first-order valence-electron chi connectivity index (χ1n) is 7.38. The molecular weight excluding hydrogens is 260 g/mol. The third-order valence-electron chi connectivity index (χ3n) is 3.87. The molecule has 1 heterocycles. The number of ether oxygens (including phenoxy) is 1. The number of rotatable bonds is 5. The van der Waals surface area contributed by atoms with Crippen LogP contribution in [0.25, 0.3) is 0 Å². The van der Waals surface area contributed by atoms with E-state index in [2.05, 4.69) is 49.3 Å². The van der Waals surface area contributed by atoms with Gasteiger partial charge < -0.3 is 10.1 Å². The molecule has 0 saturated heterocycles. The largest absolute Gasteiger partial charge is 0.496 e. The summed E-state index contributed by atoms with van der Waals surface area (Å²) in [7, 11) is 3.70. The second kappa shape index (κ2) is 6.72. The van der Waals surface area contributed by atoms with E-state index >= 15 is 0 Å². The summed E-state index contributed by atoms with van der Waals surface area (Å²) < 4.78 is 5.62. The van der Waals surface area contributed by atoms with Gasteiger partial charge in [-0.05, 0) is 56.1 Å². The van der Waals surface area contributed by atoms with Crippen molar-refractivity contribution in [3.05, 3.63) is 58.4 Å². The fraction of sp³-hybridized carbons (Fsp3) is 0.389. The van der Waals surface area contributed by atoms with Crippen LogP contribution in [0, 0.1) is 13.8 Å². The van der Waals surface area contributed by atoms with Crippen molar-refractivity contribution >= 4 is 0 Å². The summed E-state index contributed by atoms with van der Waals surface area (Å²) >= 11 is 0. The maximum absolute atomic E-state index is 5.62. The first kappa shape index (κ1) is 15.5. The average molecular weight is 284 g/mol. The van der Waals surface area contributed by atoms with E-state index in [1.54, 1.807) is 7.11 Å². The number of methoxy groups -OCH3 is 1. The van der Waals surface area contributed by atoms with Gasteiger partial charge in [0.15, 0.2) is 0 Å². The Kier molecular flexibility index (Phi) is 4.97. The van der Waals surface area contributed by atoms with Gasteiger partial charge in [-0.2, -0.15) is 0 Å². The molecular formula is C18H24N2O. The fourth-order valence-corrected chi connectivity index (χ4v) is 2.91. The van der Waals surface area contributed by atoms with E-state index in [1.165, 1.54) is 22.3 Å². The van der Waals surface area contributed by atoms with Crippen LogP contribution in [0.15, 0.2) is 30.5 Å². The minimum Gasteiger partial charge on any atom is -0.496 e. The summed E-state index contributed by atoms with van der Waals surface area (Å²) in [6.07, 6.45) is 2.82. The van der Waals surface area contributed by atoms with Crippen molar-refractivity contribution in [2.24, 2.45) is 0 Å². The zero-order chi connectivity index (χ0) is 15.4. The number of hydrogen-bond donors (Lipinski definition) is 1. The van der Waals surface area contributed by atoms with Gasteiger partial charge in [0.25, 0.3) is 0 Å². The molecule has 1 aromatic heterocycles. The average Bonchev–Trinajstić information content (AvgIpc) is 2.49. The van der Waals surface area contributed by atoms with E-state index in [1.807, 2.05) is 19.3 Å². The van der Waals surface area contributed by atoms with Crippen LogP contribution in [-0.4, -0.2) is 19.1 Å². The Morgan fingerprint density at radius 2 is 2.05 bits per heavy atom. The van der Waals surface area contributed by atoms with Crippen LogP contribution >= 0.6 is 0 Å². The predicted octanol–water partition coefficient (Wildman–Crippen LogP) is 3.58. The van der Waals surface area contributed by atoms with Gasteiger partial charge in [0.1, 0.15) is 5.75 Å². The molecule has 3 nitrogen and oxygen atoms in total. The number of nitrogens with zero attached hydrogens (tertiary/aromatic N) is 1. The lowest BCUT2D eigenvalue weighted by molar-refractivity contribution is 0.404. The molecule has 0 saturated carbocycles. The van der Waals surface area contributed by atoms with E-state index in [-0.39, 0.29) is 6.04 Å². The Bertz CT molecular complexity index is 623. The van der Waals surface area contributed by atoms with Crippen LogP contribution in [0.1, 0.15) is 40.9 Å². The minimum atomic E-state index is 0.0386. The monoisotopic (exact) mass is 284 g/mol. The van der Waals surface area contributed by atoms with Crippen LogP contribution in [0.2, 0.25) is 0 Å².